The van der Waals surface area contributed by atoms with Crippen LogP contribution < -0.4 is 0 Å². The Morgan fingerprint density at radius 1 is 1.18 bits per heavy atom. The molecule has 2 saturated carbocycles. The molecule has 2 aliphatic carbocycles. The Morgan fingerprint density at radius 3 is 2.41 bits per heavy atom. The molecule has 0 radical (unpaired) electrons. The first-order chi connectivity index (χ1) is 7.80. The highest BCUT2D eigenvalue weighted by Crippen LogP contribution is 2.58. The minimum atomic E-state index is -0.549. The van der Waals surface area contributed by atoms with Gasteiger partial charge >= 0.3 is 0 Å². The SMILES string of the molecule is CC(C)[C@H]1CC[C@]2(C)C[C@H](O)[C@@H](C)CC[C@]12O. The lowest BCUT2D eigenvalue weighted by Crippen LogP contribution is -2.48. The zero-order valence-corrected chi connectivity index (χ0v) is 11.7. The van der Waals surface area contributed by atoms with Crippen molar-refractivity contribution in [2.24, 2.45) is 23.2 Å². The van der Waals surface area contributed by atoms with Gasteiger partial charge in [0, 0.05) is 0 Å². The second-order valence-electron chi connectivity index (χ2n) is 7.16. The third-order valence-corrected chi connectivity index (χ3v) is 5.77. The number of hydrogen-bond acceptors (Lipinski definition) is 2. The van der Waals surface area contributed by atoms with Crippen LogP contribution in [0.5, 0.6) is 0 Å². The van der Waals surface area contributed by atoms with Crippen molar-refractivity contribution >= 4 is 0 Å². The van der Waals surface area contributed by atoms with Crippen molar-refractivity contribution in [1.82, 2.24) is 0 Å². The first-order valence-corrected chi connectivity index (χ1v) is 7.20. The normalized spacial score (nSPS) is 51.4. The molecule has 0 aromatic rings. The lowest BCUT2D eigenvalue weighted by atomic mass is 9.67. The van der Waals surface area contributed by atoms with Crippen molar-refractivity contribution in [1.29, 1.82) is 0 Å². The standard InChI is InChI=1S/C15H28O2/c1-10(2)12-6-7-14(4)9-13(16)11(3)5-8-15(12,14)17/h10-13,16-17H,5-9H2,1-4H3/t11-,12+,13-,14+,15-/m0/s1. The summed E-state index contributed by atoms with van der Waals surface area (Å²) in [7, 11) is 0. The average Bonchev–Trinajstić information content (AvgIpc) is 2.44. The number of aliphatic hydroxyl groups excluding tert-OH is 1. The summed E-state index contributed by atoms with van der Waals surface area (Å²) in [4.78, 5) is 0. The molecule has 17 heavy (non-hydrogen) atoms. The number of hydrogen-bond donors (Lipinski definition) is 2. The van der Waals surface area contributed by atoms with Gasteiger partial charge in [0.05, 0.1) is 11.7 Å². The Balaban J connectivity index is 2.31. The molecule has 5 atom stereocenters. The van der Waals surface area contributed by atoms with Crippen LogP contribution in [0.3, 0.4) is 0 Å². The molecule has 0 aromatic carbocycles. The van der Waals surface area contributed by atoms with Gasteiger partial charge in [-0.3, -0.25) is 0 Å². The fourth-order valence-electron chi connectivity index (χ4n) is 4.33. The highest BCUT2D eigenvalue weighted by atomic mass is 16.3. The number of aliphatic hydroxyl groups is 2. The van der Waals surface area contributed by atoms with Crippen LogP contribution in [-0.2, 0) is 0 Å². The maximum atomic E-state index is 11.2. The molecule has 0 amide bonds. The molecule has 2 nitrogen and oxygen atoms in total. The third kappa shape index (κ3) is 1.94. The van der Waals surface area contributed by atoms with E-state index in [0.29, 0.717) is 17.8 Å². The smallest absolute Gasteiger partial charge is 0.0732 e. The fourth-order valence-corrected chi connectivity index (χ4v) is 4.33. The Bertz CT molecular complexity index is 289. The van der Waals surface area contributed by atoms with Gasteiger partial charge in [-0.2, -0.15) is 0 Å². The lowest BCUT2D eigenvalue weighted by Gasteiger charge is -2.43. The summed E-state index contributed by atoms with van der Waals surface area (Å²) in [6.45, 7) is 8.75. The molecule has 0 saturated heterocycles. The van der Waals surface area contributed by atoms with Crippen LogP contribution in [-0.4, -0.2) is 21.9 Å². The van der Waals surface area contributed by atoms with Crippen molar-refractivity contribution in [3.8, 4) is 0 Å². The van der Waals surface area contributed by atoms with E-state index < -0.39 is 5.60 Å². The molecule has 2 N–H and O–H groups in total. The highest BCUT2D eigenvalue weighted by molar-refractivity contribution is 5.09. The molecule has 100 valence electrons. The first kappa shape index (κ1) is 13.4. The van der Waals surface area contributed by atoms with Gasteiger partial charge < -0.3 is 10.2 Å². The molecular formula is C15H28O2. The second-order valence-corrected chi connectivity index (χ2v) is 7.16. The Morgan fingerprint density at radius 2 is 1.82 bits per heavy atom. The molecule has 2 heteroatoms. The Hall–Kier alpha value is -0.0800. The highest BCUT2D eigenvalue weighted by Gasteiger charge is 2.58. The van der Waals surface area contributed by atoms with E-state index in [1.165, 1.54) is 0 Å². The van der Waals surface area contributed by atoms with E-state index in [-0.39, 0.29) is 11.5 Å². The molecule has 2 aliphatic rings. The van der Waals surface area contributed by atoms with E-state index in [1.807, 2.05) is 0 Å². The quantitative estimate of drug-likeness (QED) is 0.740. The number of rotatable bonds is 1. The molecule has 2 rings (SSSR count). The van der Waals surface area contributed by atoms with Gasteiger partial charge in [-0.25, -0.2) is 0 Å². The molecular weight excluding hydrogens is 212 g/mol. The van der Waals surface area contributed by atoms with Crippen molar-refractivity contribution in [3.05, 3.63) is 0 Å². The summed E-state index contributed by atoms with van der Waals surface area (Å²) in [5, 5.41) is 21.4. The molecule has 0 heterocycles. The Labute approximate surface area is 105 Å². The summed E-state index contributed by atoms with van der Waals surface area (Å²) < 4.78 is 0. The minimum Gasteiger partial charge on any atom is -0.393 e. The van der Waals surface area contributed by atoms with Crippen LogP contribution in [0.2, 0.25) is 0 Å². The summed E-state index contributed by atoms with van der Waals surface area (Å²) in [6.07, 6.45) is 4.54. The van der Waals surface area contributed by atoms with Crippen LogP contribution in [0.15, 0.2) is 0 Å². The molecule has 0 aliphatic heterocycles. The predicted molar refractivity (Wildman–Crippen MR) is 69.6 cm³/mol. The van der Waals surface area contributed by atoms with Crippen molar-refractivity contribution in [2.45, 2.75) is 71.5 Å². The van der Waals surface area contributed by atoms with Crippen molar-refractivity contribution in [2.75, 3.05) is 0 Å². The van der Waals surface area contributed by atoms with E-state index in [0.717, 1.165) is 32.1 Å². The van der Waals surface area contributed by atoms with E-state index in [1.54, 1.807) is 0 Å². The number of fused-ring (bicyclic) bond motifs is 1. The van der Waals surface area contributed by atoms with E-state index in [2.05, 4.69) is 27.7 Å². The second kappa shape index (κ2) is 4.24. The molecule has 2 fully saturated rings. The zero-order valence-electron chi connectivity index (χ0n) is 11.7. The Kier molecular flexibility index (Phi) is 3.33. The minimum absolute atomic E-state index is 0.0773. The van der Waals surface area contributed by atoms with Gasteiger partial charge in [-0.15, -0.1) is 0 Å². The predicted octanol–water partition coefficient (Wildman–Crippen LogP) is 2.97. The monoisotopic (exact) mass is 240 g/mol. The van der Waals surface area contributed by atoms with Crippen LogP contribution >= 0.6 is 0 Å². The van der Waals surface area contributed by atoms with Gasteiger partial charge in [0.15, 0.2) is 0 Å². The largest absolute Gasteiger partial charge is 0.393 e. The fraction of sp³-hybridized carbons (Fsp3) is 1.00. The third-order valence-electron chi connectivity index (χ3n) is 5.77. The van der Waals surface area contributed by atoms with Crippen molar-refractivity contribution in [3.63, 3.8) is 0 Å². The van der Waals surface area contributed by atoms with Crippen molar-refractivity contribution < 1.29 is 10.2 Å². The summed E-state index contributed by atoms with van der Waals surface area (Å²) >= 11 is 0. The van der Waals surface area contributed by atoms with E-state index in [9.17, 15) is 10.2 Å². The summed E-state index contributed by atoms with van der Waals surface area (Å²) in [5.74, 6) is 1.27. The summed E-state index contributed by atoms with van der Waals surface area (Å²) in [5.41, 5.74) is -0.626. The molecule has 0 aromatic heterocycles. The van der Waals surface area contributed by atoms with Gasteiger partial charge in [-0.05, 0) is 55.3 Å². The van der Waals surface area contributed by atoms with E-state index in [4.69, 9.17) is 0 Å². The van der Waals surface area contributed by atoms with Crippen LogP contribution in [0.25, 0.3) is 0 Å². The molecule has 0 spiro atoms. The maximum absolute atomic E-state index is 11.2. The molecule has 0 bridgehead atoms. The van der Waals surface area contributed by atoms with Crippen LogP contribution in [0.4, 0.5) is 0 Å². The zero-order chi connectivity index (χ0) is 12.8. The van der Waals surface area contributed by atoms with Crippen LogP contribution in [0, 0.1) is 23.2 Å². The van der Waals surface area contributed by atoms with Gasteiger partial charge in [0.25, 0.3) is 0 Å². The van der Waals surface area contributed by atoms with Gasteiger partial charge in [0.2, 0.25) is 0 Å². The lowest BCUT2D eigenvalue weighted by molar-refractivity contribution is -0.105. The van der Waals surface area contributed by atoms with Gasteiger partial charge in [0.1, 0.15) is 0 Å². The van der Waals surface area contributed by atoms with E-state index >= 15 is 0 Å². The summed E-state index contributed by atoms with van der Waals surface area (Å²) in [6, 6.07) is 0. The maximum Gasteiger partial charge on any atom is 0.0732 e. The van der Waals surface area contributed by atoms with Crippen LogP contribution in [0.1, 0.15) is 59.8 Å². The average molecular weight is 240 g/mol. The first-order valence-electron chi connectivity index (χ1n) is 7.20. The topological polar surface area (TPSA) is 40.5 Å². The van der Waals surface area contributed by atoms with Gasteiger partial charge in [-0.1, -0.05) is 27.7 Å². The molecule has 0 unspecified atom stereocenters.